The molecule has 0 bridgehead atoms. The standard InChI is InChI=1S/C13H13FN2O4/c1-2-8-5-12(17)15(7-8)13(18)10-6-9(14)3-4-11(10)16(19)20/h3-4,6,8H,2,5,7H2,1H3. The van der Waals surface area contributed by atoms with Crippen molar-refractivity contribution >= 4 is 17.5 Å². The van der Waals surface area contributed by atoms with E-state index in [0.29, 0.717) is 0 Å². The van der Waals surface area contributed by atoms with E-state index in [4.69, 9.17) is 0 Å². The monoisotopic (exact) mass is 280 g/mol. The summed E-state index contributed by atoms with van der Waals surface area (Å²) in [4.78, 5) is 35.1. The topological polar surface area (TPSA) is 80.5 Å². The molecule has 1 heterocycles. The van der Waals surface area contributed by atoms with Gasteiger partial charge in [0.2, 0.25) is 5.91 Å². The SMILES string of the molecule is CCC1CC(=O)N(C(=O)c2cc(F)ccc2[N+](=O)[O-])C1. The highest BCUT2D eigenvalue weighted by Crippen LogP contribution is 2.26. The molecule has 0 saturated carbocycles. The van der Waals surface area contributed by atoms with Crippen molar-refractivity contribution in [3.8, 4) is 0 Å². The van der Waals surface area contributed by atoms with Crippen molar-refractivity contribution in [3.63, 3.8) is 0 Å². The highest BCUT2D eigenvalue weighted by molar-refractivity contribution is 6.07. The van der Waals surface area contributed by atoms with E-state index in [1.807, 2.05) is 6.92 Å². The molecular formula is C13H13FN2O4. The Hall–Kier alpha value is -2.31. The molecular weight excluding hydrogens is 267 g/mol. The van der Waals surface area contributed by atoms with Crippen LogP contribution >= 0.6 is 0 Å². The van der Waals surface area contributed by atoms with Gasteiger partial charge in [0.15, 0.2) is 0 Å². The number of benzene rings is 1. The second kappa shape index (κ2) is 5.36. The van der Waals surface area contributed by atoms with Gasteiger partial charge >= 0.3 is 0 Å². The molecule has 0 aliphatic carbocycles. The zero-order valence-corrected chi connectivity index (χ0v) is 10.8. The maximum absolute atomic E-state index is 13.2. The van der Waals surface area contributed by atoms with Crippen LogP contribution in [0.4, 0.5) is 10.1 Å². The lowest BCUT2D eigenvalue weighted by atomic mass is 10.1. The zero-order valence-electron chi connectivity index (χ0n) is 10.8. The van der Waals surface area contributed by atoms with Crippen molar-refractivity contribution in [2.24, 2.45) is 5.92 Å². The maximum atomic E-state index is 13.2. The fourth-order valence-corrected chi connectivity index (χ4v) is 2.24. The Morgan fingerprint density at radius 2 is 2.25 bits per heavy atom. The van der Waals surface area contributed by atoms with E-state index < -0.39 is 22.3 Å². The summed E-state index contributed by atoms with van der Waals surface area (Å²) in [6.07, 6.45) is 0.978. The molecule has 0 aromatic heterocycles. The van der Waals surface area contributed by atoms with Crippen molar-refractivity contribution in [1.29, 1.82) is 0 Å². The summed E-state index contributed by atoms with van der Waals surface area (Å²) >= 11 is 0. The first-order valence-corrected chi connectivity index (χ1v) is 6.22. The van der Waals surface area contributed by atoms with Gasteiger partial charge in [0.05, 0.1) is 4.92 Å². The Morgan fingerprint density at radius 1 is 1.55 bits per heavy atom. The van der Waals surface area contributed by atoms with Gasteiger partial charge in [0.1, 0.15) is 11.4 Å². The van der Waals surface area contributed by atoms with Gasteiger partial charge in [-0.05, 0) is 18.1 Å². The van der Waals surface area contributed by atoms with Crippen LogP contribution in [0.3, 0.4) is 0 Å². The van der Waals surface area contributed by atoms with Crippen LogP contribution in [0.1, 0.15) is 30.1 Å². The second-order valence-electron chi connectivity index (χ2n) is 4.71. The number of hydrogen-bond acceptors (Lipinski definition) is 4. The van der Waals surface area contributed by atoms with Crippen LogP contribution in [0.15, 0.2) is 18.2 Å². The summed E-state index contributed by atoms with van der Waals surface area (Å²) < 4.78 is 13.2. The minimum absolute atomic E-state index is 0.0547. The number of carbonyl (C=O) groups excluding carboxylic acids is 2. The number of imide groups is 1. The molecule has 1 fully saturated rings. The minimum atomic E-state index is -0.808. The number of halogens is 1. The van der Waals surface area contributed by atoms with Gasteiger partial charge in [-0.25, -0.2) is 4.39 Å². The molecule has 2 rings (SSSR count). The van der Waals surface area contributed by atoms with E-state index in [1.165, 1.54) is 0 Å². The number of nitro benzene ring substituents is 1. The highest BCUT2D eigenvalue weighted by Gasteiger charge is 2.36. The van der Waals surface area contributed by atoms with E-state index in [9.17, 15) is 24.1 Å². The lowest BCUT2D eigenvalue weighted by Crippen LogP contribution is -2.32. The van der Waals surface area contributed by atoms with E-state index in [-0.39, 0.29) is 30.4 Å². The highest BCUT2D eigenvalue weighted by atomic mass is 19.1. The lowest BCUT2D eigenvalue weighted by Gasteiger charge is -2.14. The second-order valence-corrected chi connectivity index (χ2v) is 4.71. The van der Waals surface area contributed by atoms with Gasteiger partial charge in [-0.3, -0.25) is 24.6 Å². The molecule has 2 amide bonds. The molecule has 1 aromatic carbocycles. The third-order valence-electron chi connectivity index (χ3n) is 3.41. The molecule has 0 N–H and O–H groups in total. The van der Waals surface area contributed by atoms with Gasteiger partial charge in [0, 0.05) is 19.0 Å². The Kier molecular flexibility index (Phi) is 3.78. The Labute approximate surface area is 114 Å². The predicted octanol–water partition coefficient (Wildman–Crippen LogP) is 2.13. The van der Waals surface area contributed by atoms with Crippen molar-refractivity contribution < 1.29 is 18.9 Å². The Bertz CT molecular complexity index is 588. The molecule has 1 aliphatic rings. The first-order chi connectivity index (χ1) is 9.43. The number of amides is 2. The molecule has 1 saturated heterocycles. The fourth-order valence-electron chi connectivity index (χ4n) is 2.24. The summed E-state index contributed by atoms with van der Waals surface area (Å²) in [5.41, 5.74) is -0.885. The van der Waals surface area contributed by atoms with Crippen LogP contribution in [0.25, 0.3) is 0 Å². The number of nitrogens with zero attached hydrogens (tertiary/aromatic N) is 2. The third kappa shape index (κ3) is 2.52. The molecule has 1 aliphatic heterocycles. The van der Waals surface area contributed by atoms with Crippen LogP contribution < -0.4 is 0 Å². The smallest absolute Gasteiger partial charge is 0.278 e. The Morgan fingerprint density at radius 3 is 2.80 bits per heavy atom. The largest absolute Gasteiger partial charge is 0.282 e. The maximum Gasteiger partial charge on any atom is 0.282 e. The van der Waals surface area contributed by atoms with Crippen LogP contribution in [-0.2, 0) is 4.79 Å². The Balaban J connectivity index is 2.36. The zero-order chi connectivity index (χ0) is 14.9. The number of hydrogen-bond donors (Lipinski definition) is 0. The normalized spacial score (nSPS) is 18.4. The number of rotatable bonds is 3. The van der Waals surface area contributed by atoms with Gasteiger partial charge in [-0.1, -0.05) is 13.3 Å². The third-order valence-corrected chi connectivity index (χ3v) is 3.41. The average Bonchev–Trinajstić information content (AvgIpc) is 2.78. The number of nitro groups is 1. The van der Waals surface area contributed by atoms with Crippen LogP contribution in [-0.4, -0.2) is 28.2 Å². The quantitative estimate of drug-likeness (QED) is 0.482. The van der Waals surface area contributed by atoms with Crippen molar-refractivity contribution in [2.75, 3.05) is 6.54 Å². The van der Waals surface area contributed by atoms with Crippen LogP contribution in [0.5, 0.6) is 0 Å². The van der Waals surface area contributed by atoms with E-state index in [1.54, 1.807) is 0 Å². The molecule has 0 radical (unpaired) electrons. The number of carbonyl (C=O) groups is 2. The lowest BCUT2D eigenvalue weighted by molar-refractivity contribution is -0.385. The predicted molar refractivity (Wildman–Crippen MR) is 67.5 cm³/mol. The van der Waals surface area contributed by atoms with Gasteiger partial charge < -0.3 is 0 Å². The molecule has 1 unspecified atom stereocenters. The van der Waals surface area contributed by atoms with Crippen LogP contribution in [0, 0.1) is 21.8 Å². The van der Waals surface area contributed by atoms with Gasteiger partial charge in [0.25, 0.3) is 11.6 Å². The minimum Gasteiger partial charge on any atom is -0.278 e. The molecule has 20 heavy (non-hydrogen) atoms. The fraction of sp³-hybridized carbons (Fsp3) is 0.385. The summed E-state index contributed by atoms with van der Waals surface area (Å²) in [7, 11) is 0. The van der Waals surface area contributed by atoms with E-state index >= 15 is 0 Å². The molecule has 7 heteroatoms. The average molecular weight is 280 g/mol. The summed E-state index contributed by atoms with van der Waals surface area (Å²) in [5, 5.41) is 10.9. The summed E-state index contributed by atoms with van der Waals surface area (Å²) in [6, 6.07) is 2.64. The molecule has 106 valence electrons. The summed E-state index contributed by atoms with van der Waals surface area (Å²) in [5.74, 6) is -1.88. The summed E-state index contributed by atoms with van der Waals surface area (Å²) in [6.45, 7) is 2.12. The van der Waals surface area contributed by atoms with Crippen molar-refractivity contribution in [3.05, 3.63) is 39.7 Å². The molecule has 1 aromatic rings. The van der Waals surface area contributed by atoms with Gasteiger partial charge in [-0.2, -0.15) is 0 Å². The molecule has 1 atom stereocenters. The van der Waals surface area contributed by atoms with Crippen molar-refractivity contribution in [1.82, 2.24) is 4.90 Å². The molecule has 6 nitrogen and oxygen atoms in total. The van der Waals surface area contributed by atoms with E-state index in [2.05, 4.69) is 0 Å². The first-order valence-electron chi connectivity index (χ1n) is 6.22. The number of likely N-dealkylation sites (tertiary alicyclic amines) is 1. The van der Waals surface area contributed by atoms with Crippen LogP contribution in [0.2, 0.25) is 0 Å². The van der Waals surface area contributed by atoms with Crippen molar-refractivity contribution in [2.45, 2.75) is 19.8 Å². The van der Waals surface area contributed by atoms with Gasteiger partial charge in [-0.15, -0.1) is 0 Å². The van der Waals surface area contributed by atoms with E-state index in [0.717, 1.165) is 29.5 Å². The first kappa shape index (κ1) is 14.1. The molecule has 0 spiro atoms.